The molecule has 41 heavy (non-hydrogen) atoms. The second kappa shape index (κ2) is 13.2. The van der Waals surface area contributed by atoms with Gasteiger partial charge in [0, 0.05) is 12.6 Å². The van der Waals surface area contributed by atoms with Crippen molar-refractivity contribution in [1.29, 1.82) is 0 Å². The summed E-state index contributed by atoms with van der Waals surface area (Å²) in [6.07, 6.45) is 3.78. The Morgan fingerprint density at radius 1 is 0.976 bits per heavy atom. The van der Waals surface area contributed by atoms with Crippen molar-refractivity contribution < 1.29 is 22.4 Å². The molecule has 0 aromatic heterocycles. The summed E-state index contributed by atoms with van der Waals surface area (Å²) in [5, 5.41) is 3.65. The molecule has 0 radical (unpaired) electrons. The zero-order valence-corrected chi connectivity index (χ0v) is 25.1. The number of carbonyl (C=O) groups is 2. The molecular formula is C30H32Cl2FN3O4S. The fourth-order valence-electron chi connectivity index (χ4n) is 4.78. The maximum absolute atomic E-state index is 14.0. The first kappa shape index (κ1) is 30.8. The molecule has 0 heterocycles. The second-order valence-corrected chi connectivity index (χ2v) is 12.9. The summed E-state index contributed by atoms with van der Waals surface area (Å²) >= 11 is 12.3. The predicted molar refractivity (Wildman–Crippen MR) is 159 cm³/mol. The fourth-order valence-corrected chi connectivity index (χ4v) is 6.52. The molecule has 0 saturated heterocycles. The third-order valence-corrected chi connectivity index (χ3v) is 9.74. The SMILES string of the molecule is Cc1ccc(S(=O)(=O)N(CC(=O)N(Cc2ccc(Cl)c(Cl)c2)[C@@H](C)C(=O)NC2CCCC2)c2ccc(F)cc2)cc1. The van der Waals surface area contributed by atoms with Crippen LogP contribution in [0.1, 0.15) is 43.7 Å². The van der Waals surface area contributed by atoms with E-state index in [-0.39, 0.29) is 34.1 Å². The van der Waals surface area contributed by atoms with Crippen LogP contribution >= 0.6 is 23.2 Å². The fraction of sp³-hybridized carbons (Fsp3) is 0.333. The number of amides is 2. The van der Waals surface area contributed by atoms with Crippen LogP contribution in [0.25, 0.3) is 0 Å². The van der Waals surface area contributed by atoms with Gasteiger partial charge in [0.1, 0.15) is 18.4 Å². The molecule has 1 aliphatic rings. The molecule has 0 unspecified atom stereocenters. The van der Waals surface area contributed by atoms with Crippen LogP contribution in [0.2, 0.25) is 10.0 Å². The van der Waals surface area contributed by atoms with Gasteiger partial charge in [-0.1, -0.05) is 59.8 Å². The molecule has 1 N–H and O–H groups in total. The second-order valence-electron chi connectivity index (χ2n) is 10.2. The summed E-state index contributed by atoms with van der Waals surface area (Å²) in [6.45, 7) is 2.80. The summed E-state index contributed by atoms with van der Waals surface area (Å²) in [7, 11) is -4.24. The smallest absolute Gasteiger partial charge is 0.264 e. The number of hydrogen-bond acceptors (Lipinski definition) is 4. The number of sulfonamides is 1. The number of carbonyl (C=O) groups excluding carboxylic acids is 2. The Labute approximate surface area is 250 Å². The normalized spacial score (nSPS) is 14.5. The van der Waals surface area contributed by atoms with Crippen molar-refractivity contribution in [2.45, 2.75) is 63.1 Å². The van der Waals surface area contributed by atoms with E-state index in [2.05, 4.69) is 5.32 Å². The number of anilines is 1. The average molecular weight is 621 g/mol. The molecule has 1 aliphatic carbocycles. The zero-order valence-electron chi connectivity index (χ0n) is 22.8. The van der Waals surface area contributed by atoms with Gasteiger partial charge in [-0.3, -0.25) is 13.9 Å². The number of halogens is 3. The molecule has 7 nitrogen and oxygen atoms in total. The Kier molecular flexibility index (Phi) is 9.94. The third-order valence-electron chi connectivity index (χ3n) is 7.21. The molecule has 1 atom stereocenters. The Morgan fingerprint density at radius 2 is 1.61 bits per heavy atom. The number of rotatable bonds is 10. The van der Waals surface area contributed by atoms with Crippen LogP contribution in [0, 0.1) is 12.7 Å². The first-order valence-corrected chi connectivity index (χ1v) is 15.5. The first-order valence-electron chi connectivity index (χ1n) is 13.3. The van der Waals surface area contributed by atoms with Gasteiger partial charge < -0.3 is 10.2 Å². The molecule has 0 aliphatic heterocycles. The van der Waals surface area contributed by atoms with Crippen LogP contribution in [-0.4, -0.2) is 43.8 Å². The largest absolute Gasteiger partial charge is 0.352 e. The minimum atomic E-state index is -4.24. The molecular weight excluding hydrogens is 588 g/mol. The number of aryl methyl sites for hydroxylation is 1. The van der Waals surface area contributed by atoms with E-state index in [1.165, 1.54) is 29.2 Å². The van der Waals surface area contributed by atoms with Gasteiger partial charge in [0.15, 0.2) is 0 Å². The predicted octanol–water partition coefficient (Wildman–Crippen LogP) is 6.11. The molecule has 1 saturated carbocycles. The van der Waals surface area contributed by atoms with Crippen molar-refractivity contribution in [3.63, 3.8) is 0 Å². The highest BCUT2D eigenvalue weighted by atomic mass is 35.5. The lowest BCUT2D eigenvalue weighted by molar-refractivity contribution is -0.139. The van der Waals surface area contributed by atoms with Gasteiger partial charge in [0.2, 0.25) is 11.8 Å². The van der Waals surface area contributed by atoms with Crippen LogP contribution in [-0.2, 0) is 26.2 Å². The monoisotopic (exact) mass is 619 g/mol. The first-order chi connectivity index (χ1) is 19.5. The number of nitrogens with zero attached hydrogens (tertiary/aromatic N) is 2. The molecule has 1 fully saturated rings. The van der Waals surface area contributed by atoms with Gasteiger partial charge in [-0.05, 0) is 80.8 Å². The maximum Gasteiger partial charge on any atom is 0.264 e. The minimum absolute atomic E-state index is 0.0171. The standard InChI is InChI=1S/C30H32Cl2FN3O4S/c1-20-7-14-26(15-8-20)41(39,40)36(25-12-10-23(33)11-13-25)19-29(37)35(18-22-9-16-27(31)28(32)17-22)21(2)30(38)34-24-5-3-4-6-24/h7-17,21,24H,3-6,18-19H2,1-2H3,(H,34,38)/t21-/m0/s1. The van der Waals surface area contributed by atoms with Crippen molar-refractivity contribution in [1.82, 2.24) is 10.2 Å². The molecule has 0 spiro atoms. The highest BCUT2D eigenvalue weighted by Crippen LogP contribution is 2.27. The lowest BCUT2D eigenvalue weighted by Crippen LogP contribution is -2.52. The van der Waals surface area contributed by atoms with Crippen LogP contribution in [0.3, 0.4) is 0 Å². The Morgan fingerprint density at radius 3 is 2.22 bits per heavy atom. The lowest BCUT2D eigenvalue weighted by atomic mass is 10.1. The van der Waals surface area contributed by atoms with Gasteiger partial charge in [0.25, 0.3) is 10.0 Å². The number of hydrogen-bond donors (Lipinski definition) is 1. The van der Waals surface area contributed by atoms with E-state index in [0.717, 1.165) is 47.7 Å². The van der Waals surface area contributed by atoms with Gasteiger partial charge in [-0.15, -0.1) is 0 Å². The van der Waals surface area contributed by atoms with E-state index in [0.29, 0.717) is 10.6 Å². The van der Waals surface area contributed by atoms with Crippen LogP contribution in [0.15, 0.2) is 71.6 Å². The van der Waals surface area contributed by atoms with Gasteiger partial charge >= 0.3 is 0 Å². The van der Waals surface area contributed by atoms with Gasteiger partial charge in [-0.2, -0.15) is 0 Å². The van der Waals surface area contributed by atoms with Gasteiger partial charge in [0.05, 0.1) is 20.6 Å². The van der Waals surface area contributed by atoms with Crippen molar-refractivity contribution >= 4 is 50.7 Å². The van der Waals surface area contributed by atoms with Gasteiger partial charge in [-0.25, -0.2) is 12.8 Å². The van der Waals surface area contributed by atoms with E-state index in [1.807, 2.05) is 6.92 Å². The van der Waals surface area contributed by atoms with Crippen molar-refractivity contribution in [2.75, 3.05) is 10.8 Å². The summed E-state index contributed by atoms with van der Waals surface area (Å²) < 4.78 is 42.3. The Balaban J connectivity index is 1.69. The maximum atomic E-state index is 14.0. The summed E-state index contributed by atoms with van der Waals surface area (Å²) in [6, 6.07) is 15.1. The third kappa shape index (κ3) is 7.58. The summed E-state index contributed by atoms with van der Waals surface area (Å²) in [5.41, 5.74) is 1.59. The summed E-state index contributed by atoms with van der Waals surface area (Å²) in [5.74, 6) is -1.50. The van der Waals surface area contributed by atoms with E-state index < -0.39 is 34.3 Å². The topological polar surface area (TPSA) is 86.8 Å². The lowest BCUT2D eigenvalue weighted by Gasteiger charge is -2.32. The van der Waals surface area contributed by atoms with Crippen LogP contribution in [0.5, 0.6) is 0 Å². The molecule has 0 bridgehead atoms. The van der Waals surface area contributed by atoms with Crippen molar-refractivity contribution in [2.24, 2.45) is 0 Å². The van der Waals surface area contributed by atoms with Crippen molar-refractivity contribution in [3.05, 3.63) is 93.7 Å². The molecule has 2 amide bonds. The zero-order chi connectivity index (χ0) is 29.7. The molecule has 3 aromatic rings. The van der Waals surface area contributed by atoms with Crippen molar-refractivity contribution in [3.8, 4) is 0 Å². The summed E-state index contributed by atoms with van der Waals surface area (Å²) in [4.78, 5) is 28.5. The minimum Gasteiger partial charge on any atom is -0.352 e. The quantitative estimate of drug-likeness (QED) is 0.296. The molecule has 3 aromatic carbocycles. The van der Waals surface area contributed by atoms with Crippen LogP contribution in [0.4, 0.5) is 10.1 Å². The Hall–Kier alpha value is -3.14. The molecule has 218 valence electrons. The molecule has 4 rings (SSSR count). The van der Waals surface area contributed by atoms with E-state index in [9.17, 15) is 22.4 Å². The number of benzene rings is 3. The average Bonchev–Trinajstić information content (AvgIpc) is 3.45. The van der Waals surface area contributed by atoms with E-state index in [4.69, 9.17) is 23.2 Å². The van der Waals surface area contributed by atoms with E-state index in [1.54, 1.807) is 37.3 Å². The van der Waals surface area contributed by atoms with Crippen LogP contribution < -0.4 is 9.62 Å². The Bertz CT molecular complexity index is 1500. The van der Waals surface area contributed by atoms with E-state index >= 15 is 0 Å². The highest BCUT2D eigenvalue weighted by molar-refractivity contribution is 7.92. The molecule has 11 heteroatoms. The highest BCUT2D eigenvalue weighted by Gasteiger charge is 2.33. The number of nitrogens with one attached hydrogen (secondary N) is 1.